The molecule has 0 heterocycles. The van der Waals surface area contributed by atoms with Gasteiger partial charge < -0.3 is 0 Å². The van der Waals surface area contributed by atoms with Crippen molar-refractivity contribution >= 4 is 0 Å². The van der Waals surface area contributed by atoms with Crippen LogP contribution in [-0.4, -0.2) is 0 Å². The van der Waals surface area contributed by atoms with Crippen LogP contribution in [0.15, 0.2) is 0 Å². The monoisotopic (exact) mass is 126 g/mol. The van der Waals surface area contributed by atoms with Gasteiger partial charge in [-0.1, -0.05) is 40.5 Å². The van der Waals surface area contributed by atoms with Gasteiger partial charge in [-0.2, -0.15) is 0 Å². The second-order valence-corrected chi connectivity index (χ2v) is 3.66. The SMILES string of the molecule is CCCCC(C)(C)C.[C]. The predicted molar refractivity (Wildman–Crippen MR) is 42.2 cm³/mol. The fourth-order valence-electron chi connectivity index (χ4n) is 0.707. The van der Waals surface area contributed by atoms with Crippen molar-refractivity contribution < 1.29 is 0 Å². The van der Waals surface area contributed by atoms with E-state index in [1.54, 1.807) is 0 Å². The van der Waals surface area contributed by atoms with Gasteiger partial charge in [0.15, 0.2) is 0 Å². The largest absolute Gasteiger partial charge is 0.0654 e. The van der Waals surface area contributed by atoms with E-state index < -0.39 is 0 Å². The van der Waals surface area contributed by atoms with E-state index in [1.165, 1.54) is 19.3 Å². The number of hydrogen-bond donors (Lipinski definition) is 0. The average molecular weight is 126 g/mol. The number of hydrogen-bond acceptors (Lipinski definition) is 0. The minimum absolute atomic E-state index is 0. The second kappa shape index (κ2) is 4.84. The standard InChI is InChI=1S/C8H18.C/c1-5-6-7-8(2,3)4;/h5-7H2,1-4H3;. The van der Waals surface area contributed by atoms with Crippen molar-refractivity contribution in [2.45, 2.75) is 47.0 Å². The Balaban J connectivity index is 0. The van der Waals surface area contributed by atoms with Crippen LogP contribution in [-0.2, 0) is 0 Å². The van der Waals surface area contributed by atoms with Crippen LogP contribution in [0.2, 0.25) is 0 Å². The molecule has 0 bridgehead atoms. The molecule has 0 amide bonds. The first kappa shape index (κ1) is 11.8. The van der Waals surface area contributed by atoms with Crippen molar-refractivity contribution in [3.8, 4) is 0 Å². The molecule has 4 radical (unpaired) electrons. The Morgan fingerprint density at radius 2 is 1.56 bits per heavy atom. The molecule has 0 aliphatic carbocycles. The molecule has 0 spiro atoms. The molecule has 0 N–H and O–H groups in total. The van der Waals surface area contributed by atoms with E-state index in [4.69, 9.17) is 0 Å². The Hall–Kier alpha value is 0. The van der Waals surface area contributed by atoms with Crippen molar-refractivity contribution in [1.29, 1.82) is 0 Å². The first-order valence-corrected chi connectivity index (χ1v) is 3.56. The van der Waals surface area contributed by atoms with Gasteiger partial charge in [0.05, 0.1) is 0 Å². The van der Waals surface area contributed by atoms with Gasteiger partial charge >= 0.3 is 0 Å². The van der Waals surface area contributed by atoms with Gasteiger partial charge in [-0.05, 0) is 11.8 Å². The molecule has 0 rings (SSSR count). The molecular weight excluding hydrogens is 108 g/mol. The molecule has 0 aromatic rings. The van der Waals surface area contributed by atoms with E-state index in [2.05, 4.69) is 27.7 Å². The molecule has 0 aromatic carbocycles. The van der Waals surface area contributed by atoms with Crippen molar-refractivity contribution in [2.75, 3.05) is 0 Å². The van der Waals surface area contributed by atoms with Gasteiger partial charge in [0, 0.05) is 7.43 Å². The van der Waals surface area contributed by atoms with E-state index in [0.717, 1.165) is 0 Å². The zero-order valence-electron chi connectivity index (χ0n) is 7.12. The Labute approximate surface area is 60.7 Å². The van der Waals surface area contributed by atoms with Crippen LogP contribution in [0.1, 0.15) is 47.0 Å². The normalized spacial score (nSPS) is 10.7. The Morgan fingerprint density at radius 1 is 1.11 bits per heavy atom. The summed E-state index contributed by atoms with van der Waals surface area (Å²) in [6, 6.07) is 0. The van der Waals surface area contributed by atoms with Crippen LogP contribution < -0.4 is 0 Å². The fourth-order valence-corrected chi connectivity index (χ4v) is 0.707. The van der Waals surface area contributed by atoms with Crippen LogP contribution in [0, 0.1) is 12.8 Å². The van der Waals surface area contributed by atoms with E-state index in [0.29, 0.717) is 5.41 Å². The molecule has 0 nitrogen and oxygen atoms in total. The molecule has 9 heavy (non-hydrogen) atoms. The lowest BCUT2D eigenvalue weighted by Gasteiger charge is -2.16. The smallest absolute Gasteiger partial charge is 0 e. The van der Waals surface area contributed by atoms with Crippen LogP contribution in [0.5, 0.6) is 0 Å². The number of rotatable bonds is 2. The second-order valence-electron chi connectivity index (χ2n) is 3.66. The molecule has 0 atom stereocenters. The highest BCUT2D eigenvalue weighted by Crippen LogP contribution is 2.20. The maximum absolute atomic E-state index is 2.29. The summed E-state index contributed by atoms with van der Waals surface area (Å²) >= 11 is 0. The molecule has 54 valence electrons. The summed E-state index contributed by atoms with van der Waals surface area (Å²) in [4.78, 5) is 0. The first-order chi connectivity index (χ1) is 3.56. The van der Waals surface area contributed by atoms with Gasteiger partial charge in [-0.3, -0.25) is 0 Å². The summed E-state index contributed by atoms with van der Waals surface area (Å²) < 4.78 is 0. The Morgan fingerprint density at radius 3 is 1.67 bits per heavy atom. The number of unbranched alkanes of at least 4 members (excludes halogenated alkanes) is 1. The van der Waals surface area contributed by atoms with E-state index in [1.807, 2.05) is 0 Å². The molecule has 0 aliphatic rings. The van der Waals surface area contributed by atoms with Crippen molar-refractivity contribution in [3.05, 3.63) is 7.43 Å². The van der Waals surface area contributed by atoms with Crippen LogP contribution in [0.25, 0.3) is 0 Å². The summed E-state index contributed by atoms with van der Waals surface area (Å²) in [6.07, 6.45) is 4.07. The quantitative estimate of drug-likeness (QED) is 0.532. The van der Waals surface area contributed by atoms with Gasteiger partial charge in [-0.15, -0.1) is 0 Å². The third-order valence-corrected chi connectivity index (χ3v) is 1.28. The van der Waals surface area contributed by atoms with Crippen molar-refractivity contribution in [2.24, 2.45) is 5.41 Å². The molecule has 0 saturated heterocycles. The maximum atomic E-state index is 2.29. The average Bonchev–Trinajstić information content (AvgIpc) is 1.59. The molecule has 0 aromatic heterocycles. The predicted octanol–water partition coefficient (Wildman–Crippen LogP) is 3.30. The van der Waals surface area contributed by atoms with Crippen molar-refractivity contribution in [1.82, 2.24) is 0 Å². The van der Waals surface area contributed by atoms with Gasteiger partial charge in [0.25, 0.3) is 0 Å². The van der Waals surface area contributed by atoms with Gasteiger partial charge in [0.2, 0.25) is 0 Å². The highest BCUT2D eigenvalue weighted by Gasteiger charge is 2.07. The maximum Gasteiger partial charge on any atom is 0 e. The fraction of sp³-hybridized carbons (Fsp3) is 0.889. The topological polar surface area (TPSA) is 0 Å². The minimum Gasteiger partial charge on any atom is -0.0654 e. The minimum atomic E-state index is 0. The van der Waals surface area contributed by atoms with Gasteiger partial charge in [0.1, 0.15) is 0 Å². The molecular formula is C9H18. The summed E-state index contributed by atoms with van der Waals surface area (Å²) in [6.45, 7) is 9.12. The molecule has 0 heteroatoms. The highest BCUT2D eigenvalue weighted by molar-refractivity contribution is 4.59. The lowest BCUT2D eigenvalue weighted by Crippen LogP contribution is -2.03. The summed E-state index contributed by atoms with van der Waals surface area (Å²) in [7, 11) is 0. The molecule has 0 unspecified atom stereocenters. The van der Waals surface area contributed by atoms with Crippen molar-refractivity contribution in [3.63, 3.8) is 0 Å². The van der Waals surface area contributed by atoms with Crippen LogP contribution >= 0.6 is 0 Å². The zero-order valence-corrected chi connectivity index (χ0v) is 7.12. The van der Waals surface area contributed by atoms with Crippen LogP contribution in [0.4, 0.5) is 0 Å². The molecule has 0 saturated carbocycles. The lowest BCUT2D eigenvalue weighted by atomic mass is 9.90. The van der Waals surface area contributed by atoms with E-state index in [-0.39, 0.29) is 7.43 Å². The third-order valence-electron chi connectivity index (χ3n) is 1.28. The Kier molecular flexibility index (Phi) is 6.32. The van der Waals surface area contributed by atoms with E-state index >= 15 is 0 Å². The lowest BCUT2D eigenvalue weighted by molar-refractivity contribution is 0.363. The van der Waals surface area contributed by atoms with E-state index in [9.17, 15) is 0 Å². The summed E-state index contributed by atoms with van der Waals surface area (Å²) in [5.41, 5.74) is 0.552. The third kappa shape index (κ3) is 11.5. The zero-order chi connectivity index (χ0) is 6.62. The van der Waals surface area contributed by atoms with Gasteiger partial charge in [-0.25, -0.2) is 0 Å². The molecule has 0 fully saturated rings. The first-order valence-electron chi connectivity index (χ1n) is 3.56. The van der Waals surface area contributed by atoms with Crippen LogP contribution in [0.3, 0.4) is 0 Å². The highest BCUT2D eigenvalue weighted by atomic mass is 14.1. The molecule has 0 aliphatic heterocycles. The summed E-state index contributed by atoms with van der Waals surface area (Å²) in [5, 5.41) is 0. The summed E-state index contributed by atoms with van der Waals surface area (Å²) in [5.74, 6) is 0. The Bertz CT molecular complexity index is 47.5.